The lowest BCUT2D eigenvalue weighted by molar-refractivity contribution is 0.751. The van der Waals surface area contributed by atoms with Gasteiger partial charge in [0.05, 0.1) is 5.39 Å². The van der Waals surface area contributed by atoms with E-state index in [4.69, 9.17) is 0 Å². The fourth-order valence-electron chi connectivity index (χ4n) is 1.89. The average Bonchev–Trinajstić information content (AvgIpc) is 2.88. The van der Waals surface area contributed by atoms with Crippen LogP contribution in [-0.4, -0.2) is 34.1 Å². The maximum absolute atomic E-state index is 4.64. The molecule has 0 spiro atoms. The Morgan fingerprint density at radius 2 is 2.00 bits per heavy atom. The van der Waals surface area contributed by atoms with Crippen LogP contribution in [0.15, 0.2) is 6.07 Å². The van der Waals surface area contributed by atoms with E-state index in [1.54, 1.807) is 11.3 Å². The molecule has 0 aromatic carbocycles. The molecule has 2 aromatic rings. The van der Waals surface area contributed by atoms with Crippen molar-refractivity contribution in [1.82, 2.24) is 9.97 Å². The summed E-state index contributed by atoms with van der Waals surface area (Å²) in [6.45, 7) is 10.4. The molecule has 2 N–H and O–H groups in total. The van der Waals surface area contributed by atoms with Gasteiger partial charge in [0.25, 0.3) is 0 Å². The monoisotopic (exact) mass is 324 g/mol. The molecular formula is C15H24N4S2. The topological polar surface area (TPSA) is 49.8 Å². The van der Waals surface area contributed by atoms with Gasteiger partial charge in [0.2, 0.25) is 5.95 Å². The van der Waals surface area contributed by atoms with Crippen LogP contribution in [0.3, 0.4) is 0 Å². The van der Waals surface area contributed by atoms with E-state index in [9.17, 15) is 0 Å². The summed E-state index contributed by atoms with van der Waals surface area (Å²) in [4.78, 5) is 11.7. The Morgan fingerprint density at radius 3 is 2.62 bits per heavy atom. The smallest absolute Gasteiger partial charge is 0.226 e. The largest absolute Gasteiger partial charge is 0.368 e. The summed E-state index contributed by atoms with van der Waals surface area (Å²) in [6, 6.07) is 2.21. The zero-order valence-electron chi connectivity index (χ0n) is 13.4. The quantitative estimate of drug-likeness (QED) is 0.798. The van der Waals surface area contributed by atoms with Crippen LogP contribution in [0.4, 0.5) is 11.8 Å². The summed E-state index contributed by atoms with van der Waals surface area (Å²) in [5, 5.41) is 7.86. The van der Waals surface area contributed by atoms with E-state index < -0.39 is 0 Å². The first kappa shape index (κ1) is 16.4. The van der Waals surface area contributed by atoms with Gasteiger partial charge in [0, 0.05) is 22.7 Å². The zero-order valence-corrected chi connectivity index (χ0v) is 15.0. The number of fused-ring (bicyclic) bond motifs is 1. The highest BCUT2D eigenvalue weighted by Gasteiger charge is 2.18. The van der Waals surface area contributed by atoms with E-state index in [0.717, 1.165) is 35.5 Å². The van der Waals surface area contributed by atoms with Gasteiger partial charge >= 0.3 is 0 Å². The van der Waals surface area contributed by atoms with Gasteiger partial charge in [-0.3, -0.25) is 0 Å². The number of nitrogens with zero attached hydrogens (tertiary/aromatic N) is 2. The van der Waals surface area contributed by atoms with Crippen LogP contribution in [0.5, 0.6) is 0 Å². The minimum absolute atomic E-state index is 0.180. The number of nitrogens with one attached hydrogen (secondary N) is 2. The second-order valence-electron chi connectivity index (χ2n) is 5.53. The normalized spacial score (nSPS) is 11.9. The second kappa shape index (κ2) is 6.83. The summed E-state index contributed by atoms with van der Waals surface area (Å²) in [5.74, 6) is 1.65. The average molecular weight is 325 g/mol. The molecule has 0 aliphatic rings. The number of hydrogen-bond donors (Lipinski definition) is 2. The summed E-state index contributed by atoms with van der Waals surface area (Å²) in [7, 11) is 0. The van der Waals surface area contributed by atoms with E-state index in [-0.39, 0.29) is 4.75 Å². The predicted octanol–water partition coefficient (Wildman–Crippen LogP) is 4.24. The van der Waals surface area contributed by atoms with Crippen LogP contribution in [0.25, 0.3) is 10.2 Å². The number of anilines is 2. The third-order valence-corrected chi connectivity index (χ3v) is 5.78. The molecule has 4 nitrogen and oxygen atoms in total. The number of aryl methyl sites for hydroxylation is 1. The maximum Gasteiger partial charge on any atom is 0.226 e. The van der Waals surface area contributed by atoms with Crippen molar-refractivity contribution in [2.24, 2.45) is 0 Å². The molecule has 0 aliphatic heterocycles. The van der Waals surface area contributed by atoms with Crippen LogP contribution in [0.1, 0.15) is 32.6 Å². The van der Waals surface area contributed by atoms with Gasteiger partial charge in [-0.1, -0.05) is 6.92 Å². The molecule has 2 heterocycles. The predicted molar refractivity (Wildman–Crippen MR) is 97.0 cm³/mol. The first-order valence-electron chi connectivity index (χ1n) is 7.32. The molecular weight excluding hydrogens is 300 g/mol. The van der Waals surface area contributed by atoms with Crippen molar-refractivity contribution in [3.63, 3.8) is 0 Å². The third-order valence-electron chi connectivity index (χ3n) is 3.36. The SMILES string of the molecule is CCNc1nc(NCC(C)(C)SC)c2cc(CC)sc2n1. The van der Waals surface area contributed by atoms with Crippen molar-refractivity contribution in [3.05, 3.63) is 10.9 Å². The number of aromatic nitrogens is 2. The zero-order chi connectivity index (χ0) is 15.5. The van der Waals surface area contributed by atoms with E-state index in [1.165, 1.54) is 4.88 Å². The molecule has 21 heavy (non-hydrogen) atoms. The van der Waals surface area contributed by atoms with Crippen LogP contribution in [0.2, 0.25) is 0 Å². The fourth-order valence-corrected chi connectivity index (χ4v) is 3.07. The van der Waals surface area contributed by atoms with E-state index in [0.29, 0.717) is 5.95 Å². The molecule has 6 heteroatoms. The molecule has 0 amide bonds. The summed E-state index contributed by atoms with van der Waals surface area (Å²) in [5.41, 5.74) is 0. The van der Waals surface area contributed by atoms with Crippen LogP contribution >= 0.6 is 23.1 Å². The van der Waals surface area contributed by atoms with E-state index in [1.807, 2.05) is 11.8 Å². The molecule has 0 aliphatic carbocycles. The first-order valence-corrected chi connectivity index (χ1v) is 9.36. The third kappa shape index (κ3) is 4.01. The standard InChI is InChI=1S/C15H24N4S2/c1-6-10-8-11-12(17-9-15(3,4)20-5)18-14(16-7-2)19-13(11)21-10/h8H,6-7,9H2,1-5H3,(H2,16,17,18,19). The highest BCUT2D eigenvalue weighted by atomic mass is 32.2. The van der Waals surface area contributed by atoms with Crippen molar-refractivity contribution in [2.45, 2.75) is 38.9 Å². The van der Waals surface area contributed by atoms with Crippen LogP contribution < -0.4 is 10.6 Å². The van der Waals surface area contributed by atoms with Gasteiger partial charge < -0.3 is 10.6 Å². The van der Waals surface area contributed by atoms with Crippen LogP contribution in [-0.2, 0) is 6.42 Å². The van der Waals surface area contributed by atoms with Gasteiger partial charge in [0.15, 0.2) is 0 Å². The Hall–Kier alpha value is -1.01. The molecule has 0 fully saturated rings. The van der Waals surface area contributed by atoms with Gasteiger partial charge in [-0.05, 0) is 39.5 Å². The van der Waals surface area contributed by atoms with Crippen molar-refractivity contribution in [3.8, 4) is 0 Å². The van der Waals surface area contributed by atoms with Crippen LogP contribution in [0, 0.1) is 0 Å². The Morgan fingerprint density at radius 1 is 1.24 bits per heavy atom. The van der Waals surface area contributed by atoms with Crippen molar-refractivity contribution in [2.75, 3.05) is 30.0 Å². The second-order valence-corrected chi connectivity index (χ2v) is 8.16. The van der Waals surface area contributed by atoms with Crippen molar-refractivity contribution >= 4 is 45.1 Å². The molecule has 0 atom stereocenters. The first-order chi connectivity index (χ1) is 9.99. The van der Waals surface area contributed by atoms with Gasteiger partial charge in [0.1, 0.15) is 10.6 Å². The van der Waals surface area contributed by atoms with E-state index in [2.05, 4.69) is 60.6 Å². The Balaban J connectivity index is 2.36. The molecule has 2 rings (SSSR count). The lowest BCUT2D eigenvalue weighted by atomic mass is 10.2. The van der Waals surface area contributed by atoms with E-state index >= 15 is 0 Å². The minimum atomic E-state index is 0.180. The Kier molecular flexibility index (Phi) is 5.32. The lowest BCUT2D eigenvalue weighted by Crippen LogP contribution is -2.26. The number of rotatable bonds is 7. The molecule has 0 radical (unpaired) electrons. The Bertz CT molecular complexity index is 607. The maximum atomic E-state index is 4.64. The molecule has 0 bridgehead atoms. The summed E-state index contributed by atoms with van der Waals surface area (Å²) < 4.78 is 0.180. The van der Waals surface area contributed by atoms with Crippen molar-refractivity contribution < 1.29 is 0 Å². The lowest BCUT2D eigenvalue weighted by Gasteiger charge is -2.22. The number of thioether (sulfide) groups is 1. The van der Waals surface area contributed by atoms with Gasteiger partial charge in [-0.2, -0.15) is 16.7 Å². The summed E-state index contributed by atoms with van der Waals surface area (Å²) >= 11 is 3.61. The molecule has 0 unspecified atom stereocenters. The van der Waals surface area contributed by atoms with Gasteiger partial charge in [-0.15, -0.1) is 11.3 Å². The highest BCUT2D eigenvalue weighted by molar-refractivity contribution is 7.99. The Labute approximate surface area is 135 Å². The molecule has 0 saturated heterocycles. The molecule has 0 saturated carbocycles. The number of hydrogen-bond acceptors (Lipinski definition) is 6. The molecule has 116 valence electrons. The fraction of sp³-hybridized carbons (Fsp3) is 0.600. The van der Waals surface area contributed by atoms with Crippen molar-refractivity contribution in [1.29, 1.82) is 0 Å². The number of thiophene rings is 1. The highest BCUT2D eigenvalue weighted by Crippen LogP contribution is 2.31. The molecule has 2 aromatic heterocycles. The summed E-state index contributed by atoms with van der Waals surface area (Å²) in [6.07, 6.45) is 3.18. The minimum Gasteiger partial charge on any atom is -0.368 e. The van der Waals surface area contributed by atoms with Gasteiger partial charge in [-0.25, -0.2) is 4.98 Å².